The van der Waals surface area contributed by atoms with Crippen LogP contribution in [-0.2, 0) is 9.53 Å². The summed E-state index contributed by atoms with van der Waals surface area (Å²) in [5.41, 5.74) is 0.169. The van der Waals surface area contributed by atoms with Crippen LogP contribution in [0.1, 0.15) is 6.92 Å². The van der Waals surface area contributed by atoms with Gasteiger partial charge in [-0.1, -0.05) is 15.9 Å². The molecule has 1 aromatic carbocycles. The molecule has 1 fully saturated rings. The summed E-state index contributed by atoms with van der Waals surface area (Å²) in [6, 6.07) is 4.05. The molecular weight excluding hydrogens is 303 g/mol. The van der Waals surface area contributed by atoms with Crippen LogP contribution in [0.4, 0.5) is 10.1 Å². The van der Waals surface area contributed by atoms with Gasteiger partial charge < -0.3 is 15.4 Å². The third-order valence-corrected chi connectivity index (χ3v) is 3.28. The van der Waals surface area contributed by atoms with Crippen LogP contribution in [0, 0.1) is 5.82 Å². The highest BCUT2D eigenvalue weighted by molar-refractivity contribution is 9.10. The molecule has 1 saturated heterocycles. The van der Waals surface area contributed by atoms with Crippen LogP contribution in [0.5, 0.6) is 0 Å². The first-order valence-electron chi connectivity index (χ1n) is 5.69. The van der Waals surface area contributed by atoms with Gasteiger partial charge in [-0.15, -0.1) is 0 Å². The Labute approximate surface area is 113 Å². The standard InChI is InChI=1S/C12H14BrFN2O2/c1-7-11(15-4-5-18-7)12(17)16-10-3-2-8(13)6-9(10)14/h2-3,6-7,11,15H,4-5H2,1H3,(H,16,17)/t7-,11+/m1/s1. The minimum atomic E-state index is -0.470. The van der Waals surface area contributed by atoms with Crippen molar-refractivity contribution in [1.82, 2.24) is 5.32 Å². The van der Waals surface area contributed by atoms with Crippen LogP contribution in [0.2, 0.25) is 0 Å². The number of carbonyl (C=O) groups is 1. The molecule has 0 aliphatic carbocycles. The molecule has 4 nitrogen and oxygen atoms in total. The number of benzene rings is 1. The summed E-state index contributed by atoms with van der Waals surface area (Å²) < 4.78 is 19.6. The zero-order valence-electron chi connectivity index (χ0n) is 9.87. The first kappa shape index (κ1) is 13.5. The highest BCUT2D eigenvalue weighted by Crippen LogP contribution is 2.20. The molecule has 0 bridgehead atoms. The number of ether oxygens (including phenoxy) is 1. The lowest BCUT2D eigenvalue weighted by atomic mass is 10.1. The van der Waals surface area contributed by atoms with E-state index in [1.165, 1.54) is 12.1 Å². The molecule has 18 heavy (non-hydrogen) atoms. The molecule has 1 aliphatic rings. The van der Waals surface area contributed by atoms with Crippen molar-refractivity contribution in [2.75, 3.05) is 18.5 Å². The van der Waals surface area contributed by atoms with Crippen LogP contribution in [-0.4, -0.2) is 31.2 Å². The number of amides is 1. The Morgan fingerprint density at radius 1 is 1.61 bits per heavy atom. The van der Waals surface area contributed by atoms with E-state index in [-0.39, 0.29) is 17.7 Å². The van der Waals surface area contributed by atoms with Crippen LogP contribution in [0.15, 0.2) is 22.7 Å². The maximum atomic E-state index is 13.6. The second kappa shape index (κ2) is 5.77. The summed E-state index contributed by atoms with van der Waals surface area (Å²) in [7, 11) is 0. The number of nitrogens with one attached hydrogen (secondary N) is 2. The Morgan fingerprint density at radius 3 is 3.06 bits per heavy atom. The highest BCUT2D eigenvalue weighted by atomic mass is 79.9. The van der Waals surface area contributed by atoms with Gasteiger partial charge in [0.1, 0.15) is 11.9 Å². The van der Waals surface area contributed by atoms with Gasteiger partial charge in [0.25, 0.3) is 0 Å². The first-order valence-corrected chi connectivity index (χ1v) is 6.48. The quantitative estimate of drug-likeness (QED) is 0.876. The third kappa shape index (κ3) is 3.07. The Balaban J connectivity index is 2.06. The zero-order valence-corrected chi connectivity index (χ0v) is 11.5. The van der Waals surface area contributed by atoms with E-state index in [1.54, 1.807) is 6.07 Å². The monoisotopic (exact) mass is 316 g/mol. The molecule has 2 rings (SSSR count). The Kier molecular flexibility index (Phi) is 4.31. The van der Waals surface area contributed by atoms with Crippen molar-refractivity contribution in [1.29, 1.82) is 0 Å². The average molecular weight is 317 g/mol. The van der Waals surface area contributed by atoms with Gasteiger partial charge in [0.05, 0.1) is 18.4 Å². The number of hydrogen-bond acceptors (Lipinski definition) is 3. The van der Waals surface area contributed by atoms with Crippen molar-refractivity contribution in [3.8, 4) is 0 Å². The molecule has 1 heterocycles. The number of hydrogen-bond donors (Lipinski definition) is 2. The summed E-state index contributed by atoms with van der Waals surface area (Å²) in [6.07, 6.45) is -0.225. The molecule has 1 aliphatic heterocycles. The first-order chi connectivity index (χ1) is 8.58. The molecule has 1 aromatic rings. The van der Waals surface area contributed by atoms with Gasteiger partial charge in [-0.3, -0.25) is 4.79 Å². The summed E-state index contributed by atoms with van der Waals surface area (Å²) in [5.74, 6) is -0.759. The van der Waals surface area contributed by atoms with E-state index in [0.29, 0.717) is 17.6 Å². The largest absolute Gasteiger partial charge is 0.375 e. The minimum absolute atomic E-state index is 0.169. The number of morpholine rings is 1. The van der Waals surface area contributed by atoms with Gasteiger partial charge in [-0.05, 0) is 25.1 Å². The minimum Gasteiger partial charge on any atom is -0.375 e. The SMILES string of the molecule is C[C@H]1OCCN[C@@H]1C(=O)Nc1ccc(Br)cc1F. The fourth-order valence-electron chi connectivity index (χ4n) is 1.83. The summed E-state index contributed by atoms with van der Waals surface area (Å²) in [6.45, 7) is 3.01. The van der Waals surface area contributed by atoms with Gasteiger partial charge in [-0.2, -0.15) is 0 Å². The van der Waals surface area contributed by atoms with Crippen molar-refractivity contribution < 1.29 is 13.9 Å². The smallest absolute Gasteiger partial charge is 0.244 e. The van der Waals surface area contributed by atoms with E-state index >= 15 is 0 Å². The lowest BCUT2D eigenvalue weighted by Crippen LogP contribution is -2.53. The molecule has 0 unspecified atom stereocenters. The topological polar surface area (TPSA) is 50.4 Å². The van der Waals surface area contributed by atoms with Gasteiger partial charge in [0.15, 0.2) is 0 Å². The van der Waals surface area contributed by atoms with E-state index < -0.39 is 11.9 Å². The predicted molar refractivity (Wildman–Crippen MR) is 69.9 cm³/mol. The molecule has 0 saturated carbocycles. The van der Waals surface area contributed by atoms with Gasteiger partial charge in [-0.25, -0.2) is 4.39 Å². The maximum Gasteiger partial charge on any atom is 0.244 e. The molecular formula is C12H14BrFN2O2. The van der Waals surface area contributed by atoms with Crippen molar-refractivity contribution >= 4 is 27.5 Å². The number of anilines is 1. The van der Waals surface area contributed by atoms with Crippen LogP contribution < -0.4 is 10.6 Å². The van der Waals surface area contributed by atoms with E-state index in [9.17, 15) is 9.18 Å². The van der Waals surface area contributed by atoms with Gasteiger partial charge >= 0.3 is 0 Å². The predicted octanol–water partition coefficient (Wildman–Crippen LogP) is 1.90. The second-order valence-corrected chi connectivity index (χ2v) is 5.04. The van der Waals surface area contributed by atoms with Crippen molar-refractivity contribution in [3.05, 3.63) is 28.5 Å². The Hall–Kier alpha value is -0.980. The fraction of sp³-hybridized carbons (Fsp3) is 0.417. The van der Waals surface area contributed by atoms with Crippen LogP contribution in [0.3, 0.4) is 0 Å². The van der Waals surface area contributed by atoms with Gasteiger partial charge in [0.2, 0.25) is 5.91 Å². The molecule has 0 aromatic heterocycles. The lowest BCUT2D eigenvalue weighted by Gasteiger charge is -2.29. The molecule has 2 atom stereocenters. The number of carbonyl (C=O) groups excluding carboxylic acids is 1. The zero-order chi connectivity index (χ0) is 13.1. The van der Waals surface area contributed by atoms with Crippen LogP contribution >= 0.6 is 15.9 Å². The lowest BCUT2D eigenvalue weighted by molar-refractivity contribution is -0.123. The number of rotatable bonds is 2. The maximum absolute atomic E-state index is 13.6. The van der Waals surface area contributed by atoms with E-state index in [2.05, 4.69) is 26.6 Å². The molecule has 6 heteroatoms. The van der Waals surface area contributed by atoms with Crippen molar-refractivity contribution in [2.24, 2.45) is 0 Å². The fourth-order valence-corrected chi connectivity index (χ4v) is 2.16. The number of halogens is 2. The summed E-state index contributed by atoms with van der Waals surface area (Å²) in [5, 5.41) is 5.61. The van der Waals surface area contributed by atoms with Crippen LogP contribution in [0.25, 0.3) is 0 Å². The Morgan fingerprint density at radius 2 is 2.39 bits per heavy atom. The summed E-state index contributed by atoms with van der Waals surface area (Å²) >= 11 is 3.16. The average Bonchev–Trinajstić information content (AvgIpc) is 2.33. The molecule has 98 valence electrons. The van der Waals surface area contributed by atoms with Crippen molar-refractivity contribution in [3.63, 3.8) is 0 Å². The second-order valence-electron chi connectivity index (χ2n) is 4.12. The van der Waals surface area contributed by atoms with E-state index in [1.807, 2.05) is 6.92 Å². The highest BCUT2D eigenvalue weighted by Gasteiger charge is 2.28. The van der Waals surface area contributed by atoms with E-state index in [4.69, 9.17) is 4.74 Å². The van der Waals surface area contributed by atoms with E-state index in [0.717, 1.165) is 0 Å². The molecule has 2 N–H and O–H groups in total. The molecule has 0 radical (unpaired) electrons. The van der Waals surface area contributed by atoms with Gasteiger partial charge in [0, 0.05) is 11.0 Å². The Bertz CT molecular complexity index is 456. The normalized spacial score (nSPS) is 23.7. The molecule has 1 amide bonds. The third-order valence-electron chi connectivity index (χ3n) is 2.79. The van der Waals surface area contributed by atoms with Crippen molar-refractivity contribution in [2.45, 2.75) is 19.1 Å². The molecule has 0 spiro atoms. The summed E-state index contributed by atoms with van der Waals surface area (Å²) in [4.78, 5) is 12.0.